The van der Waals surface area contributed by atoms with Crippen molar-refractivity contribution < 1.29 is 35.9 Å². The van der Waals surface area contributed by atoms with E-state index in [0.717, 1.165) is 25.3 Å². The fourth-order valence-electron chi connectivity index (χ4n) is 4.55. The number of carboxylic acids is 1. The Hall–Kier alpha value is -2.26. The van der Waals surface area contributed by atoms with Crippen molar-refractivity contribution in [1.29, 1.82) is 0 Å². The molecule has 2 aromatic heterocycles. The third kappa shape index (κ3) is 5.73. The number of hydrogen-bond acceptors (Lipinski definition) is 8. The standard InChI is InChI=1S/C24H23Cl2F3N4O5S2/c1-10(24(27,28)29)33-40(36,37)16-6-5-14(17(25)18(16)26)19-15(7-11-3-2-4-11)30-22(39-19)21-32-31-20(38-21)12-8-13(9-12)23(34)35/h5-6,10-13,33H,2-4,7-9H2,1H3,(H,34,35)/t10-,12-,13-/m0/s1. The highest BCUT2D eigenvalue weighted by Gasteiger charge is 2.40. The van der Waals surface area contributed by atoms with Gasteiger partial charge < -0.3 is 9.52 Å². The van der Waals surface area contributed by atoms with E-state index in [9.17, 15) is 26.4 Å². The monoisotopic (exact) mass is 638 g/mol. The molecule has 0 spiro atoms. The van der Waals surface area contributed by atoms with Gasteiger partial charge in [0.1, 0.15) is 10.9 Å². The van der Waals surface area contributed by atoms with Crippen LogP contribution in [0.1, 0.15) is 56.5 Å². The summed E-state index contributed by atoms with van der Waals surface area (Å²) in [7, 11) is -4.64. The average Bonchev–Trinajstić information content (AvgIpc) is 3.43. The SMILES string of the molecule is C[C@H](NS(=O)(=O)c1ccc(-c2sc(-c3nnc([C@H]4C[C@H](C(=O)O)C4)o3)nc2CC2CCC2)c(Cl)c1Cl)C(F)(F)F. The number of rotatable bonds is 9. The summed E-state index contributed by atoms with van der Waals surface area (Å²) >= 11 is 14.0. The molecule has 0 aliphatic heterocycles. The molecule has 216 valence electrons. The van der Waals surface area contributed by atoms with Crippen LogP contribution in [0.25, 0.3) is 21.3 Å². The van der Waals surface area contributed by atoms with Crippen LogP contribution in [-0.2, 0) is 21.2 Å². The summed E-state index contributed by atoms with van der Waals surface area (Å²) in [4.78, 5) is 15.9. The molecule has 1 aromatic carbocycles. The zero-order chi connectivity index (χ0) is 29.0. The number of hydrogen-bond donors (Lipinski definition) is 2. The zero-order valence-electron chi connectivity index (χ0n) is 20.8. The molecule has 0 radical (unpaired) electrons. The summed E-state index contributed by atoms with van der Waals surface area (Å²) < 4.78 is 71.7. The normalized spacial score (nSPS) is 20.6. The van der Waals surface area contributed by atoms with Gasteiger partial charge in [-0.25, -0.2) is 13.4 Å². The fourth-order valence-corrected chi connectivity index (χ4v) is 7.75. The average molecular weight is 640 g/mol. The maximum Gasteiger partial charge on any atom is 0.404 e. The minimum Gasteiger partial charge on any atom is -0.481 e. The molecule has 2 heterocycles. The number of aromatic nitrogens is 3. The van der Waals surface area contributed by atoms with Crippen molar-refractivity contribution in [3.05, 3.63) is 33.8 Å². The molecule has 0 saturated heterocycles. The summed E-state index contributed by atoms with van der Waals surface area (Å²) in [6, 6.07) is 0.170. The first-order chi connectivity index (χ1) is 18.7. The minimum absolute atomic E-state index is 0.144. The van der Waals surface area contributed by atoms with Crippen molar-refractivity contribution in [3.8, 4) is 21.3 Å². The first-order valence-corrected chi connectivity index (χ1v) is 15.4. The Morgan fingerprint density at radius 3 is 2.52 bits per heavy atom. The summed E-state index contributed by atoms with van der Waals surface area (Å²) in [5.74, 6) is -0.551. The predicted octanol–water partition coefficient (Wildman–Crippen LogP) is 6.32. The van der Waals surface area contributed by atoms with Crippen molar-refractivity contribution in [1.82, 2.24) is 19.9 Å². The van der Waals surface area contributed by atoms with Crippen molar-refractivity contribution in [2.24, 2.45) is 11.8 Å². The maximum absolute atomic E-state index is 13.0. The van der Waals surface area contributed by atoms with Gasteiger partial charge >= 0.3 is 12.1 Å². The summed E-state index contributed by atoms with van der Waals surface area (Å²) in [6.07, 6.45) is -0.195. The van der Waals surface area contributed by atoms with E-state index in [4.69, 9.17) is 37.7 Å². The maximum atomic E-state index is 13.0. The topological polar surface area (TPSA) is 135 Å². The molecule has 2 aliphatic carbocycles. The summed E-state index contributed by atoms with van der Waals surface area (Å²) in [5.41, 5.74) is 1.05. The van der Waals surface area contributed by atoms with E-state index < -0.39 is 44.0 Å². The molecule has 0 bridgehead atoms. The molecular formula is C24H23Cl2F3N4O5S2. The van der Waals surface area contributed by atoms with Gasteiger partial charge in [0.2, 0.25) is 15.9 Å². The number of carbonyl (C=O) groups is 1. The minimum atomic E-state index is -4.79. The van der Waals surface area contributed by atoms with Crippen molar-refractivity contribution >= 4 is 50.5 Å². The predicted molar refractivity (Wildman–Crippen MR) is 141 cm³/mol. The van der Waals surface area contributed by atoms with E-state index in [2.05, 4.69) is 10.2 Å². The van der Waals surface area contributed by atoms with Crippen LogP contribution in [0.15, 0.2) is 21.4 Å². The van der Waals surface area contributed by atoms with Gasteiger partial charge in [-0.15, -0.1) is 21.5 Å². The molecule has 16 heteroatoms. The molecule has 3 aromatic rings. The first kappa shape index (κ1) is 29.2. The Labute approximate surface area is 241 Å². The van der Waals surface area contributed by atoms with Gasteiger partial charge in [-0.1, -0.05) is 48.5 Å². The largest absolute Gasteiger partial charge is 0.481 e. The Morgan fingerprint density at radius 1 is 1.23 bits per heavy atom. The van der Waals surface area contributed by atoms with Crippen LogP contribution in [0.2, 0.25) is 10.0 Å². The molecule has 5 rings (SSSR count). The third-order valence-electron chi connectivity index (χ3n) is 7.27. The number of sulfonamides is 1. The number of carboxylic acid groups (broad SMARTS) is 1. The van der Waals surface area contributed by atoms with Gasteiger partial charge in [-0.2, -0.15) is 17.9 Å². The van der Waals surface area contributed by atoms with E-state index in [1.807, 2.05) is 0 Å². The Balaban J connectivity index is 1.47. The highest BCUT2D eigenvalue weighted by Crippen LogP contribution is 2.46. The lowest BCUT2D eigenvalue weighted by Crippen LogP contribution is -2.43. The van der Waals surface area contributed by atoms with E-state index in [0.29, 0.717) is 59.1 Å². The number of nitrogens with zero attached hydrogens (tertiary/aromatic N) is 3. The highest BCUT2D eigenvalue weighted by atomic mass is 35.5. The molecule has 1 atom stereocenters. The van der Waals surface area contributed by atoms with Crippen LogP contribution >= 0.6 is 34.5 Å². The van der Waals surface area contributed by atoms with Crippen LogP contribution in [0.4, 0.5) is 13.2 Å². The number of aliphatic carboxylic acids is 1. The second-order valence-electron chi connectivity index (χ2n) is 10.1. The van der Waals surface area contributed by atoms with E-state index in [-0.39, 0.29) is 16.8 Å². The Bertz CT molecular complexity index is 1550. The van der Waals surface area contributed by atoms with E-state index in [1.165, 1.54) is 17.4 Å². The molecule has 0 amide bonds. The number of thiazole rings is 1. The van der Waals surface area contributed by atoms with Gasteiger partial charge in [0.05, 0.1) is 26.5 Å². The van der Waals surface area contributed by atoms with E-state index >= 15 is 0 Å². The third-order valence-corrected chi connectivity index (χ3v) is 11.0. The van der Waals surface area contributed by atoms with Crippen LogP contribution in [0.3, 0.4) is 0 Å². The smallest absolute Gasteiger partial charge is 0.404 e. The Kier molecular flexibility index (Phi) is 7.94. The number of benzene rings is 1. The van der Waals surface area contributed by atoms with Gasteiger partial charge in [0.15, 0.2) is 5.01 Å². The molecule has 40 heavy (non-hydrogen) atoms. The molecule has 2 N–H and O–H groups in total. The van der Waals surface area contributed by atoms with Gasteiger partial charge in [0, 0.05) is 11.5 Å². The second-order valence-corrected chi connectivity index (χ2v) is 13.5. The molecular weight excluding hydrogens is 616 g/mol. The Morgan fingerprint density at radius 2 is 1.93 bits per heavy atom. The lowest BCUT2D eigenvalue weighted by Gasteiger charge is -2.29. The number of alkyl halides is 3. The lowest BCUT2D eigenvalue weighted by molar-refractivity contribution is -0.147. The van der Waals surface area contributed by atoms with E-state index in [1.54, 1.807) is 4.72 Å². The number of nitrogens with one attached hydrogen (secondary N) is 1. The summed E-state index contributed by atoms with van der Waals surface area (Å²) in [5, 5.41) is 17.1. The van der Waals surface area contributed by atoms with Gasteiger partial charge in [0.25, 0.3) is 5.89 Å². The van der Waals surface area contributed by atoms with Crippen molar-refractivity contribution in [2.45, 2.75) is 68.5 Å². The lowest BCUT2D eigenvalue weighted by atomic mass is 9.75. The summed E-state index contributed by atoms with van der Waals surface area (Å²) in [6.45, 7) is 0.686. The van der Waals surface area contributed by atoms with Gasteiger partial charge in [-0.05, 0) is 38.2 Å². The van der Waals surface area contributed by atoms with Crippen LogP contribution in [0.5, 0.6) is 0 Å². The fraction of sp³-hybridized carbons (Fsp3) is 0.500. The van der Waals surface area contributed by atoms with Crippen molar-refractivity contribution in [2.75, 3.05) is 0 Å². The quantitative estimate of drug-likeness (QED) is 0.278. The second kappa shape index (κ2) is 10.9. The molecule has 2 aliphatic rings. The molecule has 9 nitrogen and oxygen atoms in total. The van der Waals surface area contributed by atoms with Gasteiger partial charge in [-0.3, -0.25) is 4.79 Å². The molecule has 2 fully saturated rings. The highest BCUT2D eigenvalue weighted by molar-refractivity contribution is 7.89. The number of halogens is 5. The van der Waals surface area contributed by atoms with Crippen LogP contribution in [0, 0.1) is 11.8 Å². The van der Waals surface area contributed by atoms with Crippen LogP contribution < -0.4 is 4.72 Å². The van der Waals surface area contributed by atoms with Crippen LogP contribution in [-0.4, -0.2) is 46.9 Å². The zero-order valence-corrected chi connectivity index (χ0v) is 24.0. The van der Waals surface area contributed by atoms with Crippen molar-refractivity contribution in [3.63, 3.8) is 0 Å². The molecule has 2 saturated carbocycles. The molecule has 0 unspecified atom stereocenters. The first-order valence-electron chi connectivity index (χ1n) is 12.4.